The second-order valence-electron chi connectivity index (χ2n) is 5.24. The summed E-state index contributed by atoms with van der Waals surface area (Å²) in [5, 5.41) is 9.30. The Morgan fingerprint density at radius 3 is 2.62 bits per heavy atom. The highest BCUT2D eigenvalue weighted by molar-refractivity contribution is 5.59. The molecule has 2 aromatic rings. The van der Waals surface area contributed by atoms with Crippen molar-refractivity contribution in [2.24, 2.45) is 0 Å². The van der Waals surface area contributed by atoms with E-state index in [1.807, 2.05) is 30.3 Å². The van der Waals surface area contributed by atoms with Crippen molar-refractivity contribution in [1.82, 2.24) is 4.98 Å². The maximum atomic E-state index is 9.30. The van der Waals surface area contributed by atoms with Crippen LogP contribution in [0.15, 0.2) is 34.7 Å². The van der Waals surface area contributed by atoms with Crippen LogP contribution in [0.1, 0.15) is 12.6 Å². The fourth-order valence-electron chi connectivity index (χ4n) is 2.68. The number of rotatable bonds is 3. The van der Waals surface area contributed by atoms with Crippen molar-refractivity contribution in [1.29, 1.82) is 5.26 Å². The van der Waals surface area contributed by atoms with Crippen LogP contribution in [0.5, 0.6) is 0 Å². The third-order valence-electron chi connectivity index (χ3n) is 3.99. The first-order chi connectivity index (χ1) is 10.3. The maximum absolute atomic E-state index is 9.30. The molecule has 0 bridgehead atoms. The number of benzene rings is 1. The monoisotopic (exact) mass is 283 g/mol. The highest BCUT2D eigenvalue weighted by atomic mass is 16.4. The molecule has 0 amide bonds. The molecular formula is C16H19N4O+. The summed E-state index contributed by atoms with van der Waals surface area (Å²) >= 11 is 0. The SMILES string of the molecule is CC[NH+]1CCN(c2oc(-c3ccccc3)nc2C#N)CC1. The van der Waals surface area contributed by atoms with Crippen molar-refractivity contribution in [3.05, 3.63) is 36.0 Å². The molecule has 1 fully saturated rings. The zero-order chi connectivity index (χ0) is 14.7. The Kier molecular flexibility index (Phi) is 3.89. The summed E-state index contributed by atoms with van der Waals surface area (Å²) in [4.78, 5) is 8.06. The van der Waals surface area contributed by atoms with Crippen molar-refractivity contribution >= 4 is 5.88 Å². The number of piperazine rings is 1. The summed E-state index contributed by atoms with van der Waals surface area (Å²) in [6, 6.07) is 11.9. The van der Waals surface area contributed by atoms with E-state index in [4.69, 9.17) is 4.42 Å². The van der Waals surface area contributed by atoms with E-state index in [9.17, 15) is 5.26 Å². The van der Waals surface area contributed by atoms with Crippen LogP contribution in [0.2, 0.25) is 0 Å². The van der Waals surface area contributed by atoms with Crippen molar-refractivity contribution in [3.63, 3.8) is 0 Å². The molecule has 3 rings (SSSR count). The van der Waals surface area contributed by atoms with E-state index in [0.29, 0.717) is 17.5 Å². The van der Waals surface area contributed by atoms with E-state index in [1.165, 1.54) is 0 Å². The molecule has 1 aromatic heterocycles. The summed E-state index contributed by atoms with van der Waals surface area (Å²) in [7, 11) is 0. The minimum atomic E-state index is 0.383. The van der Waals surface area contributed by atoms with Crippen LogP contribution < -0.4 is 9.80 Å². The first-order valence-electron chi connectivity index (χ1n) is 7.36. The third-order valence-corrected chi connectivity index (χ3v) is 3.99. The number of likely N-dealkylation sites (N-methyl/N-ethyl adjacent to an activating group) is 1. The first kappa shape index (κ1) is 13.7. The van der Waals surface area contributed by atoms with Gasteiger partial charge in [0.25, 0.3) is 0 Å². The van der Waals surface area contributed by atoms with Gasteiger partial charge in [0.05, 0.1) is 32.7 Å². The fraction of sp³-hybridized carbons (Fsp3) is 0.375. The van der Waals surface area contributed by atoms with E-state index in [2.05, 4.69) is 22.9 Å². The second-order valence-corrected chi connectivity index (χ2v) is 5.24. The highest BCUT2D eigenvalue weighted by Gasteiger charge is 2.25. The van der Waals surface area contributed by atoms with Gasteiger partial charge in [-0.25, -0.2) is 0 Å². The van der Waals surface area contributed by atoms with E-state index in [1.54, 1.807) is 4.90 Å². The van der Waals surface area contributed by atoms with E-state index >= 15 is 0 Å². The van der Waals surface area contributed by atoms with Gasteiger partial charge in [0.2, 0.25) is 17.5 Å². The molecule has 0 radical (unpaired) electrons. The predicted octanol–water partition coefficient (Wildman–Crippen LogP) is 0.938. The highest BCUT2D eigenvalue weighted by Crippen LogP contribution is 2.27. The van der Waals surface area contributed by atoms with Gasteiger partial charge in [-0.1, -0.05) is 18.2 Å². The zero-order valence-electron chi connectivity index (χ0n) is 12.2. The molecule has 1 saturated heterocycles. The Labute approximate surface area is 124 Å². The smallest absolute Gasteiger partial charge is 0.235 e. The predicted molar refractivity (Wildman–Crippen MR) is 80.1 cm³/mol. The van der Waals surface area contributed by atoms with Gasteiger partial charge in [0.15, 0.2) is 0 Å². The largest absolute Gasteiger partial charge is 0.419 e. The average Bonchev–Trinajstić information content (AvgIpc) is 3.00. The summed E-state index contributed by atoms with van der Waals surface area (Å²) in [6.07, 6.45) is 0. The van der Waals surface area contributed by atoms with Crippen LogP contribution in [0.3, 0.4) is 0 Å². The van der Waals surface area contributed by atoms with Crippen LogP contribution >= 0.6 is 0 Å². The molecule has 108 valence electrons. The number of nitrogens with one attached hydrogen (secondary N) is 1. The Bertz CT molecular complexity index is 636. The number of aromatic nitrogens is 1. The maximum Gasteiger partial charge on any atom is 0.235 e. The van der Waals surface area contributed by atoms with Gasteiger partial charge in [-0.05, 0) is 19.1 Å². The van der Waals surface area contributed by atoms with Gasteiger partial charge < -0.3 is 14.2 Å². The van der Waals surface area contributed by atoms with Gasteiger partial charge in [-0.2, -0.15) is 10.2 Å². The standard InChI is InChI=1S/C16H18N4O/c1-2-19-8-10-20(11-9-19)16-14(12-17)18-15(21-16)13-6-4-3-5-7-13/h3-7H,2,8-11H2,1H3/p+1. The normalized spacial score (nSPS) is 15.9. The van der Waals surface area contributed by atoms with Gasteiger partial charge in [-0.3, -0.25) is 0 Å². The second kappa shape index (κ2) is 5.98. The van der Waals surface area contributed by atoms with Crippen molar-refractivity contribution < 1.29 is 9.32 Å². The molecule has 1 aliphatic heterocycles. The lowest BCUT2D eigenvalue weighted by Gasteiger charge is -2.31. The van der Waals surface area contributed by atoms with E-state index < -0.39 is 0 Å². The summed E-state index contributed by atoms with van der Waals surface area (Å²) in [5.74, 6) is 1.14. The Hall–Kier alpha value is -2.32. The molecule has 5 nitrogen and oxygen atoms in total. The minimum absolute atomic E-state index is 0.383. The molecule has 1 aliphatic rings. The summed E-state index contributed by atoms with van der Waals surface area (Å²) < 4.78 is 5.88. The molecule has 0 atom stereocenters. The van der Waals surface area contributed by atoms with E-state index in [0.717, 1.165) is 38.3 Å². The number of hydrogen-bond donors (Lipinski definition) is 1. The van der Waals surface area contributed by atoms with Crippen LogP contribution in [0.4, 0.5) is 5.88 Å². The topological polar surface area (TPSA) is 57.5 Å². The lowest BCUT2D eigenvalue weighted by molar-refractivity contribution is -0.898. The molecule has 2 heterocycles. The lowest BCUT2D eigenvalue weighted by Crippen LogP contribution is -3.14. The van der Waals surface area contributed by atoms with E-state index in [-0.39, 0.29) is 0 Å². The number of nitriles is 1. The number of quaternary nitrogens is 1. The number of oxazole rings is 1. The first-order valence-corrected chi connectivity index (χ1v) is 7.36. The lowest BCUT2D eigenvalue weighted by atomic mass is 10.2. The molecule has 0 saturated carbocycles. The average molecular weight is 283 g/mol. The molecule has 1 aromatic carbocycles. The summed E-state index contributed by atoms with van der Waals surface area (Å²) in [5.41, 5.74) is 1.28. The number of hydrogen-bond acceptors (Lipinski definition) is 4. The Morgan fingerprint density at radius 2 is 2.00 bits per heavy atom. The molecule has 21 heavy (non-hydrogen) atoms. The van der Waals surface area contributed by atoms with Gasteiger partial charge in [0, 0.05) is 5.56 Å². The van der Waals surface area contributed by atoms with Gasteiger partial charge >= 0.3 is 0 Å². The molecule has 0 aliphatic carbocycles. The number of nitrogens with zero attached hydrogens (tertiary/aromatic N) is 3. The third kappa shape index (κ3) is 2.76. The molecule has 1 N–H and O–H groups in total. The minimum Gasteiger partial charge on any atom is -0.419 e. The van der Waals surface area contributed by atoms with Gasteiger partial charge in [0.1, 0.15) is 6.07 Å². The van der Waals surface area contributed by atoms with Crippen LogP contribution in [-0.4, -0.2) is 37.7 Å². The molecule has 0 spiro atoms. The van der Waals surface area contributed by atoms with Crippen molar-refractivity contribution in [3.8, 4) is 17.5 Å². The van der Waals surface area contributed by atoms with Gasteiger partial charge in [-0.15, -0.1) is 0 Å². The summed E-state index contributed by atoms with van der Waals surface area (Å²) in [6.45, 7) is 7.30. The Balaban J connectivity index is 1.86. The molecular weight excluding hydrogens is 264 g/mol. The molecule has 5 heteroatoms. The van der Waals surface area contributed by atoms with Crippen molar-refractivity contribution in [2.75, 3.05) is 37.6 Å². The quantitative estimate of drug-likeness (QED) is 0.911. The van der Waals surface area contributed by atoms with Crippen LogP contribution in [0, 0.1) is 11.3 Å². The Morgan fingerprint density at radius 1 is 1.29 bits per heavy atom. The van der Waals surface area contributed by atoms with Crippen LogP contribution in [0.25, 0.3) is 11.5 Å². The zero-order valence-corrected chi connectivity index (χ0v) is 12.2. The molecule has 0 unspecified atom stereocenters. The van der Waals surface area contributed by atoms with Crippen LogP contribution in [-0.2, 0) is 0 Å². The number of anilines is 1. The fourth-order valence-corrected chi connectivity index (χ4v) is 2.68. The van der Waals surface area contributed by atoms with Crippen molar-refractivity contribution in [2.45, 2.75) is 6.92 Å².